The van der Waals surface area contributed by atoms with E-state index in [9.17, 15) is 4.79 Å². The lowest BCUT2D eigenvalue weighted by Crippen LogP contribution is -2.55. The van der Waals surface area contributed by atoms with Crippen LogP contribution < -0.4 is 0 Å². The van der Waals surface area contributed by atoms with Crippen LogP contribution in [-0.2, 0) is 9.53 Å². The van der Waals surface area contributed by atoms with Gasteiger partial charge in [-0.15, -0.1) is 12.3 Å². The molecule has 31 heavy (non-hydrogen) atoms. The van der Waals surface area contributed by atoms with Crippen molar-refractivity contribution in [1.29, 1.82) is 0 Å². The van der Waals surface area contributed by atoms with Crippen molar-refractivity contribution in [3.05, 3.63) is 11.1 Å². The highest BCUT2D eigenvalue weighted by Gasteiger charge is 2.63. The van der Waals surface area contributed by atoms with Crippen LogP contribution in [0, 0.1) is 51.8 Å². The zero-order valence-electron chi connectivity index (χ0n) is 21.1. The van der Waals surface area contributed by atoms with E-state index >= 15 is 0 Å². The molecule has 0 saturated heterocycles. The van der Waals surface area contributed by atoms with Crippen LogP contribution >= 0.6 is 0 Å². The van der Waals surface area contributed by atoms with E-state index in [0.717, 1.165) is 25.2 Å². The van der Waals surface area contributed by atoms with Crippen LogP contribution in [0.5, 0.6) is 0 Å². The smallest absolute Gasteiger partial charge is 0.302 e. The first-order valence-corrected chi connectivity index (χ1v) is 12.8. The van der Waals surface area contributed by atoms with Crippen LogP contribution in [-0.4, -0.2) is 12.1 Å². The number of carbonyl (C=O) groups excluding carboxylic acids is 1. The first-order chi connectivity index (χ1) is 14.4. The molecule has 2 nitrogen and oxygen atoms in total. The Balaban J connectivity index is 1.71. The number of terminal acetylenes is 1. The second kappa shape index (κ2) is 7.40. The van der Waals surface area contributed by atoms with Gasteiger partial charge in [-0.05, 0) is 85.4 Å². The Kier molecular flexibility index (Phi) is 5.47. The number of allylic oxidation sites excluding steroid dienone is 2. The molecule has 0 aromatic heterocycles. The van der Waals surface area contributed by atoms with Gasteiger partial charge in [-0.3, -0.25) is 4.79 Å². The summed E-state index contributed by atoms with van der Waals surface area (Å²) in [5.74, 6) is 4.76. The Morgan fingerprint density at radius 3 is 2.42 bits per heavy atom. The standard InChI is InChI=1S/C29H44O2/c1-9-10-19(2)21-13-17-29(8)23-11-12-24-26(4,5)25(31-20(3)30)15-16-27(24,6)22(23)14-18-28(21,29)7/h1,19,21,24-25H,10-18H2,2-8H3/t19-,21-,24+,25+,27-,28-,29+/m1/s1. The number of hydrogen-bond donors (Lipinski definition) is 0. The Morgan fingerprint density at radius 1 is 1.06 bits per heavy atom. The molecule has 4 aliphatic carbocycles. The summed E-state index contributed by atoms with van der Waals surface area (Å²) in [4.78, 5) is 11.8. The molecule has 0 radical (unpaired) electrons. The van der Waals surface area contributed by atoms with E-state index in [1.54, 1.807) is 12.5 Å². The normalized spacial score (nSPS) is 44.5. The van der Waals surface area contributed by atoms with Gasteiger partial charge in [0.25, 0.3) is 0 Å². The molecular formula is C29H44O2. The van der Waals surface area contributed by atoms with Gasteiger partial charge < -0.3 is 4.74 Å². The number of hydrogen-bond acceptors (Lipinski definition) is 2. The Morgan fingerprint density at radius 2 is 1.77 bits per heavy atom. The van der Waals surface area contributed by atoms with Crippen molar-refractivity contribution in [2.24, 2.45) is 39.4 Å². The van der Waals surface area contributed by atoms with Crippen LogP contribution in [0.15, 0.2) is 11.1 Å². The predicted octanol–water partition coefficient (Wildman–Crippen LogP) is 7.33. The minimum Gasteiger partial charge on any atom is -0.462 e. The molecule has 7 atom stereocenters. The number of carbonyl (C=O) groups is 1. The summed E-state index contributed by atoms with van der Waals surface area (Å²) in [5, 5.41) is 0. The minimum atomic E-state index is -0.128. The number of rotatable bonds is 3. The van der Waals surface area contributed by atoms with Crippen molar-refractivity contribution in [3.8, 4) is 12.3 Å². The first kappa shape index (κ1) is 22.9. The molecule has 0 aromatic carbocycles. The molecule has 4 rings (SSSR count). The Hall–Kier alpha value is -1.23. The van der Waals surface area contributed by atoms with E-state index in [1.807, 2.05) is 5.57 Å². The molecule has 0 N–H and O–H groups in total. The van der Waals surface area contributed by atoms with E-state index in [-0.39, 0.29) is 22.9 Å². The van der Waals surface area contributed by atoms with E-state index in [0.29, 0.717) is 22.7 Å². The lowest BCUT2D eigenvalue weighted by molar-refractivity contribution is -0.167. The van der Waals surface area contributed by atoms with Gasteiger partial charge >= 0.3 is 5.97 Å². The fourth-order valence-electron chi connectivity index (χ4n) is 9.35. The maximum Gasteiger partial charge on any atom is 0.302 e. The van der Waals surface area contributed by atoms with Gasteiger partial charge in [-0.25, -0.2) is 0 Å². The maximum absolute atomic E-state index is 11.8. The summed E-state index contributed by atoms with van der Waals surface area (Å²) in [6, 6.07) is 0. The molecule has 172 valence electrons. The van der Waals surface area contributed by atoms with Gasteiger partial charge in [0.05, 0.1) is 0 Å². The lowest BCUT2D eigenvalue weighted by Gasteiger charge is -2.62. The second-order valence-electron chi connectivity index (χ2n) is 12.7. The third kappa shape index (κ3) is 3.08. The molecule has 0 aromatic rings. The molecule has 0 bridgehead atoms. The quantitative estimate of drug-likeness (QED) is 0.269. The number of ether oxygens (including phenoxy) is 1. The summed E-state index contributed by atoms with van der Waals surface area (Å²) >= 11 is 0. The van der Waals surface area contributed by atoms with Gasteiger partial charge in [0, 0.05) is 18.8 Å². The molecule has 2 fully saturated rings. The van der Waals surface area contributed by atoms with Crippen LogP contribution in [0.4, 0.5) is 0 Å². The molecule has 2 saturated carbocycles. The largest absolute Gasteiger partial charge is 0.462 e. The molecule has 0 unspecified atom stereocenters. The highest BCUT2D eigenvalue weighted by atomic mass is 16.5. The Bertz CT molecular complexity index is 828. The highest BCUT2D eigenvalue weighted by Crippen LogP contribution is 2.72. The predicted molar refractivity (Wildman–Crippen MR) is 127 cm³/mol. The van der Waals surface area contributed by atoms with Crippen molar-refractivity contribution in [2.45, 2.75) is 112 Å². The number of esters is 1. The molecule has 0 spiro atoms. The molecule has 2 heteroatoms. The molecular weight excluding hydrogens is 380 g/mol. The van der Waals surface area contributed by atoms with Gasteiger partial charge in [-0.2, -0.15) is 0 Å². The van der Waals surface area contributed by atoms with E-state index < -0.39 is 0 Å². The lowest BCUT2D eigenvalue weighted by atomic mass is 9.43. The summed E-state index contributed by atoms with van der Waals surface area (Å²) in [7, 11) is 0. The fraction of sp³-hybridized carbons (Fsp3) is 0.828. The third-order valence-corrected chi connectivity index (χ3v) is 11.2. The van der Waals surface area contributed by atoms with E-state index in [2.05, 4.69) is 47.5 Å². The summed E-state index contributed by atoms with van der Waals surface area (Å²) in [6.07, 6.45) is 16.5. The van der Waals surface area contributed by atoms with E-state index in [1.165, 1.54) is 38.5 Å². The minimum absolute atomic E-state index is 0.0262. The molecule has 0 aliphatic heterocycles. The van der Waals surface area contributed by atoms with Crippen LogP contribution in [0.3, 0.4) is 0 Å². The van der Waals surface area contributed by atoms with Crippen molar-refractivity contribution in [2.75, 3.05) is 0 Å². The van der Waals surface area contributed by atoms with Crippen molar-refractivity contribution >= 4 is 5.97 Å². The van der Waals surface area contributed by atoms with Crippen molar-refractivity contribution < 1.29 is 9.53 Å². The van der Waals surface area contributed by atoms with Crippen molar-refractivity contribution in [3.63, 3.8) is 0 Å². The van der Waals surface area contributed by atoms with Crippen LogP contribution in [0.25, 0.3) is 0 Å². The van der Waals surface area contributed by atoms with Gasteiger partial charge in [0.2, 0.25) is 0 Å². The topological polar surface area (TPSA) is 26.3 Å². The summed E-state index contributed by atoms with van der Waals surface area (Å²) < 4.78 is 5.83. The summed E-state index contributed by atoms with van der Waals surface area (Å²) in [5.41, 5.74) is 4.58. The third-order valence-electron chi connectivity index (χ3n) is 11.2. The highest BCUT2D eigenvalue weighted by molar-refractivity contribution is 5.66. The monoisotopic (exact) mass is 424 g/mol. The fourth-order valence-corrected chi connectivity index (χ4v) is 9.35. The molecule has 4 aliphatic rings. The molecule has 0 heterocycles. The van der Waals surface area contributed by atoms with E-state index in [4.69, 9.17) is 11.2 Å². The van der Waals surface area contributed by atoms with Gasteiger partial charge in [-0.1, -0.05) is 52.7 Å². The zero-order valence-corrected chi connectivity index (χ0v) is 21.1. The van der Waals surface area contributed by atoms with Gasteiger partial charge in [0.1, 0.15) is 6.10 Å². The van der Waals surface area contributed by atoms with Crippen LogP contribution in [0.1, 0.15) is 106 Å². The Labute approximate surface area is 191 Å². The second-order valence-corrected chi connectivity index (χ2v) is 12.7. The average molecular weight is 425 g/mol. The van der Waals surface area contributed by atoms with Gasteiger partial charge in [0.15, 0.2) is 0 Å². The zero-order chi connectivity index (χ0) is 22.8. The number of fused-ring (bicyclic) bond motifs is 4. The van der Waals surface area contributed by atoms with Crippen molar-refractivity contribution in [1.82, 2.24) is 0 Å². The molecule has 0 amide bonds. The average Bonchev–Trinajstić information content (AvgIpc) is 2.96. The summed E-state index contributed by atoms with van der Waals surface area (Å²) in [6.45, 7) is 16.4. The first-order valence-electron chi connectivity index (χ1n) is 12.8. The van der Waals surface area contributed by atoms with Crippen LogP contribution in [0.2, 0.25) is 0 Å². The SMILES string of the molecule is C#CC[C@@H](C)[C@H]1CC[C@@]2(C)C3=C(CC[C@]12C)[C@@]1(C)CC[C@H](OC(C)=O)C(C)(C)[C@@H]1CC3. The maximum atomic E-state index is 11.8.